The minimum atomic E-state index is -1.03. The molecule has 1 aromatic carbocycles. The molecule has 1 aromatic rings. The number of carbonyl (C=O) groups is 2. The number of carboxylic acids is 1. The van der Waals surface area contributed by atoms with E-state index in [2.05, 4.69) is 5.32 Å². The van der Waals surface area contributed by atoms with Crippen molar-refractivity contribution in [2.24, 2.45) is 0 Å². The summed E-state index contributed by atoms with van der Waals surface area (Å²) in [6.45, 7) is 0.00408. The lowest BCUT2D eigenvalue weighted by Gasteiger charge is -2.17. The molecule has 0 spiro atoms. The smallest absolute Gasteiger partial charge is 0.321 e. The van der Waals surface area contributed by atoms with Gasteiger partial charge in [-0.3, -0.25) is 4.79 Å². The fraction of sp³-hybridized carbons (Fsp3) is 0.273. The molecule has 2 amide bonds. The third kappa shape index (κ3) is 4.57. The van der Waals surface area contributed by atoms with Crippen LogP contribution in [0.3, 0.4) is 0 Å². The first kappa shape index (κ1) is 15.5. The Kier molecular flexibility index (Phi) is 5.38. The summed E-state index contributed by atoms with van der Waals surface area (Å²) >= 11 is 11.3. The van der Waals surface area contributed by atoms with Gasteiger partial charge in [0.2, 0.25) is 0 Å². The van der Waals surface area contributed by atoms with Crippen molar-refractivity contribution >= 4 is 40.9 Å². The molecule has 5 nitrogen and oxygen atoms in total. The number of rotatable bonds is 4. The van der Waals surface area contributed by atoms with Gasteiger partial charge in [0, 0.05) is 13.6 Å². The van der Waals surface area contributed by atoms with Crippen LogP contribution < -0.4 is 5.32 Å². The van der Waals surface area contributed by atoms with Gasteiger partial charge in [-0.2, -0.15) is 0 Å². The molecule has 8 heteroatoms. The Balaban J connectivity index is 2.71. The topological polar surface area (TPSA) is 69.6 Å². The first-order valence-electron chi connectivity index (χ1n) is 5.19. The molecule has 0 aliphatic rings. The maximum atomic E-state index is 13.5. The maximum absolute atomic E-state index is 13.5. The number of carbonyl (C=O) groups excluding carboxylic acids is 1. The Labute approximate surface area is 118 Å². The SMILES string of the molecule is CN(CCC(=O)O)C(=O)Nc1cc(Cl)c(Cl)cc1F. The number of hydrogen-bond acceptors (Lipinski definition) is 2. The number of benzene rings is 1. The Morgan fingerprint density at radius 3 is 2.53 bits per heavy atom. The number of amides is 2. The van der Waals surface area contributed by atoms with Crippen molar-refractivity contribution in [3.8, 4) is 0 Å². The van der Waals surface area contributed by atoms with Crippen molar-refractivity contribution < 1.29 is 19.1 Å². The minimum Gasteiger partial charge on any atom is -0.481 e. The number of hydrogen-bond donors (Lipinski definition) is 2. The first-order chi connectivity index (χ1) is 8.81. The predicted octanol–water partition coefficient (Wildman–Crippen LogP) is 3.07. The fourth-order valence-corrected chi connectivity index (χ4v) is 1.51. The molecule has 0 radical (unpaired) electrons. The van der Waals surface area contributed by atoms with E-state index >= 15 is 0 Å². The van der Waals surface area contributed by atoms with Gasteiger partial charge >= 0.3 is 12.0 Å². The molecule has 0 aliphatic carbocycles. The van der Waals surface area contributed by atoms with Crippen LogP contribution in [0.15, 0.2) is 12.1 Å². The van der Waals surface area contributed by atoms with E-state index in [1.807, 2.05) is 0 Å². The quantitative estimate of drug-likeness (QED) is 0.840. The number of halogens is 3. The van der Waals surface area contributed by atoms with Crippen molar-refractivity contribution in [2.75, 3.05) is 18.9 Å². The van der Waals surface area contributed by atoms with Crippen LogP contribution in [0, 0.1) is 5.82 Å². The first-order valence-corrected chi connectivity index (χ1v) is 5.95. The Morgan fingerprint density at radius 2 is 1.95 bits per heavy atom. The van der Waals surface area contributed by atoms with Gasteiger partial charge in [-0.15, -0.1) is 0 Å². The molecule has 2 N–H and O–H groups in total. The molecule has 0 saturated heterocycles. The van der Waals surface area contributed by atoms with Gasteiger partial charge in [0.15, 0.2) is 0 Å². The maximum Gasteiger partial charge on any atom is 0.321 e. The van der Waals surface area contributed by atoms with Crippen molar-refractivity contribution in [1.29, 1.82) is 0 Å². The summed E-state index contributed by atoms with van der Waals surface area (Å²) < 4.78 is 13.5. The van der Waals surface area contributed by atoms with Crippen molar-refractivity contribution in [1.82, 2.24) is 4.90 Å². The van der Waals surface area contributed by atoms with Crippen molar-refractivity contribution in [3.05, 3.63) is 28.0 Å². The van der Waals surface area contributed by atoms with Gasteiger partial charge in [-0.05, 0) is 12.1 Å². The fourth-order valence-electron chi connectivity index (χ4n) is 1.19. The molecule has 0 fully saturated rings. The van der Waals surface area contributed by atoms with Crippen LogP contribution in [-0.4, -0.2) is 35.6 Å². The van der Waals surface area contributed by atoms with Crippen LogP contribution in [-0.2, 0) is 4.79 Å². The van der Waals surface area contributed by atoms with E-state index in [1.165, 1.54) is 13.1 Å². The largest absolute Gasteiger partial charge is 0.481 e. The summed E-state index contributed by atoms with van der Waals surface area (Å²) in [6, 6.07) is 1.53. The molecule has 0 heterocycles. The van der Waals surface area contributed by atoms with Crippen LogP contribution in [0.4, 0.5) is 14.9 Å². The third-order valence-electron chi connectivity index (χ3n) is 2.26. The predicted molar refractivity (Wildman–Crippen MR) is 70.3 cm³/mol. The molecule has 0 atom stereocenters. The van der Waals surface area contributed by atoms with Crippen LogP contribution in [0.2, 0.25) is 10.0 Å². The van der Waals surface area contributed by atoms with Crippen molar-refractivity contribution in [2.45, 2.75) is 6.42 Å². The van der Waals surface area contributed by atoms with E-state index in [0.29, 0.717) is 0 Å². The van der Waals surface area contributed by atoms with Gasteiger partial charge in [0.25, 0.3) is 0 Å². The lowest BCUT2D eigenvalue weighted by molar-refractivity contribution is -0.137. The Morgan fingerprint density at radius 1 is 1.37 bits per heavy atom. The number of aliphatic carboxylic acids is 1. The monoisotopic (exact) mass is 308 g/mol. The summed E-state index contributed by atoms with van der Waals surface area (Å²) in [5, 5.41) is 10.9. The van der Waals surface area contributed by atoms with E-state index in [9.17, 15) is 14.0 Å². The number of nitrogens with zero attached hydrogens (tertiary/aromatic N) is 1. The highest BCUT2D eigenvalue weighted by Gasteiger charge is 2.14. The van der Waals surface area contributed by atoms with E-state index < -0.39 is 17.8 Å². The normalized spacial score (nSPS) is 10.1. The summed E-state index contributed by atoms with van der Waals surface area (Å²) in [5.41, 5.74) is -0.124. The second-order valence-corrected chi connectivity index (χ2v) is 4.56. The highest BCUT2D eigenvalue weighted by Crippen LogP contribution is 2.28. The summed E-state index contributed by atoms with van der Waals surface area (Å²) in [6.07, 6.45) is -0.201. The number of urea groups is 1. The molecule has 19 heavy (non-hydrogen) atoms. The summed E-state index contributed by atoms with van der Waals surface area (Å²) in [4.78, 5) is 23.1. The lowest BCUT2D eigenvalue weighted by Crippen LogP contribution is -2.33. The molecule has 0 bridgehead atoms. The average molecular weight is 309 g/mol. The van der Waals surface area contributed by atoms with Gasteiger partial charge < -0.3 is 15.3 Å². The van der Waals surface area contributed by atoms with E-state index in [4.69, 9.17) is 28.3 Å². The zero-order valence-electron chi connectivity index (χ0n) is 9.91. The Bertz CT molecular complexity index is 511. The standard InChI is InChI=1S/C11H11Cl2FN2O3/c1-16(3-2-10(17)18)11(19)15-9-5-7(13)6(12)4-8(9)14/h4-5H,2-3H2,1H3,(H,15,19)(H,17,18). The number of nitrogens with one attached hydrogen (secondary N) is 1. The molecule has 104 valence electrons. The van der Waals surface area contributed by atoms with E-state index in [-0.39, 0.29) is 28.7 Å². The summed E-state index contributed by atoms with van der Waals surface area (Å²) in [7, 11) is 1.40. The minimum absolute atomic E-state index is 0.00408. The zero-order chi connectivity index (χ0) is 14.6. The van der Waals surface area contributed by atoms with Gasteiger partial charge in [0.05, 0.1) is 22.2 Å². The molecule has 0 saturated carbocycles. The molecular formula is C11H11Cl2FN2O3. The molecule has 0 aliphatic heterocycles. The van der Waals surface area contributed by atoms with Gasteiger partial charge in [0.1, 0.15) is 5.82 Å². The summed E-state index contributed by atoms with van der Waals surface area (Å²) in [5.74, 6) is -1.75. The number of carboxylic acid groups (broad SMARTS) is 1. The third-order valence-corrected chi connectivity index (χ3v) is 2.98. The van der Waals surface area contributed by atoms with Gasteiger partial charge in [-0.1, -0.05) is 23.2 Å². The molecular weight excluding hydrogens is 298 g/mol. The molecule has 0 aromatic heterocycles. The van der Waals surface area contributed by atoms with Crippen LogP contribution in [0.1, 0.15) is 6.42 Å². The van der Waals surface area contributed by atoms with E-state index in [1.54, 1.807) is 0 Å². The highest BCUT2D eigenvalue weighted by atomic mass is 35.5. The van der Waals surface area contributed by atoms with Crippen molar-refractivity contribution in [3.63, 3.8) is 0 Å². The molecule has 0 unspecified atom stereocenters. The van der Waals surface area contributed by atoms with Gasteiger partial charge in [-0.25, -0.2) is 9.18 Å². The van der Waals surface area contributed by atoms with Crippen LogP contribution >= 0.6 is 23.2 Å². The number of anilines is 1. The van der Waals surface area contributed by atoms with E-state index in [0.717, 1.165) is 11.0 Å². The Hall–Kier alpha value is -1.53. The highest BCUT2D eigenvalue weighted by molar-refractivity contribution is 6.42. The second kappa shape index (κ2) is 6.58. The van der Waals surface area contributed by atoms with Crippen LogP contribution in [0.25, 0.3) is 0 Å². The van der Waals surface area contributed by atoms with Crippen LogP contribution in [0.5, 0.6) is 0 Å². The zero-order valence-corrected chi connectivity index (χ0v) is 11.4. The molecule has 1 rings (SSSR count). The average Bonchev–Trinajstić information content (AvgIpc) is 2.32. The second-order valence-electron chi connectivity index (χ2n) is 3.74. The lowest BCUT2D eigenvalue weighted by atomic mass is 10.3.